The molecule has 10 atom stereocenters. The van der Waals surface area contributed by atoms with Crippen LogP contribution in [0.4, 0.5) is 10.2 Å². The normalized spacial score (nSPS) is 36.0. The zero-order valence-electron chi connectivity index (χ0n) is 22.6. The number of nitrogen functional groups attached to an aromatic ring is 1. The van der Waals surface area contributed by atoms with Gasteiger partial charge in [-0.05, 0) is 23.9 Å². The van der Waals surface area contributed by atoms with Gasteiger partial charge in [0.25, 0.3) is 5.91 Å². The Hall–Kier alpha value is -2.52. The van der Waals surface area contributed by atoms with Crippen molar-refractivity contribution in [2.45, 2.75) is 49.1 Å². The van der Waals surface area contributed by atoms with Crippen LogP contribution in [0.1, 0.15) is 22.8 Å². The van der Waals surface area contributed by atoms with Crippen LogP contribution in [-0.2, 0) is 39.4 Å². The molecule has 2 unspecified atom stereocenters. The molecular weight excluding hydrogens is 679 g/mol. The van der Waals surface area contributed by atoms with E-state index in [-0.39, 0.29) is 34.7 Å². The van der Waals surface area contributed by atoms with E-state index >= 15 is 4.39 Å². The van der Waals surface area contributed by atoms with Crippen molar-refractivity contribution in [2.24, 2.45) is 5.73 Å². The highest BCUT2D eigenvalue weighted by Gasteiger charge is 2.52. The molecule has 3 aliphatic rings. The van der Waals surface area contributed by atoms with Crippen LogP contribution in [0.15, 0.2) is 30.9 Å². The van der Waals surface area contributed by atoms with Crippen LogP contribution < -0.4 is 11.5 Å². The van der Waals surface area contributed by atoms with E-state index in [2.05, 4.69) is 37.5 Å². The third-order valence-electron chi connectivity index (χ3n) is 7.47. The number of aliphatic hydroxyl groups is 1. The first-order valence-electron chi connectivity index (χ1n) is 13.2. The average Bonchev–Trinajstić information content (AvgIpc) is 3.76. The van der Waals surface area contributed by atoms with Crippen LogP contribution in [-0.4, -0.2) is 100 Å². The topological polar surface area (TPSA) is 239 Å². The molecule has 3 saturated heterocycles. The maximum atomic E-state index is 16.0. The maximum absolute atomic E-state index is 16.0. The number of nitrogens with zero attached hydrogens (tertiary/aromatic N) is 7. The van der Waals surface area contributed by atoms with Gasteiger partial charge < -0.3 is 44.5 Å². The molecule has 7 rings (SSSR count). The molecule has 1 amide bonds. The lowest BCUT2D eigenvalue weighted by atomic mass is 10.1. The van der Waals surface area contributed by atoms with Crippen molar-refractivity contribution in [3.8, 4) is 0 Å². The molecule has 4 aromatic rings. The van der Waals surface area contributed by atoms with Gasteiger partial charge >= 0.3 is 6.72 Å². The number of hydrogen-bond acceptors (Lipinski definition) is 16. The van der Waals surface area contributed by atoms with E-state index in [0.29, 0.717) is 5.52 Å². The fourth-order valence-corrected chi connectivity index (χ4v) is 8.11. The molecular formula is C22H24FN9O9P2S2. The second kappa shape index (κ2) is 11.9. The summed E-state index contributed by atoms with van der Waals surface area (Å²) in [4.78, 5) is 35.1. The van der Waals surface area contributed by atoms with Crippen molar-refractivity contribution in [1.29, 1.82) is 0 Å². The molecule has 0 aliphatic carbocycles. The summed E-state index contributed by atoms with van der Waals surface area (Å²) in [5, 5.41) is 19.4. The number of halogens is 1. The largest absolute Gasteiger partial charge is 0.387 e. The van der Waals surface area contributed by atoms with Crippen molar-refractivity contribution < 1.29 is 46.8 Å². The number of aromatic nitrogens is 7. The number of imidazole rings is 1. The molecule has 6 heterocycles. The number of nitrogens with two attached hydrogens (primary N) is 2. The molecule has 45 heavy (non-hydrogen) atoms. The van der Waals surface area contributed by atoms with E-state index < -0.39 is 76.0 Å². The quantitative estimate of drug-likeness (QED) is 0.145. The molecule has 3 aliphatic heterocycles. The van der Waals surface area contributed by atoms with Crippen molar-refractivity contribution in [2.75, 3.05) is 18.9 Å². The molecule has 3 fully saturated rings. The molecule has 1 aromatic carbocycles. The number of carbonyl (C=O) groups excluding carboxylic acids is 1. The molecule has 6 N–H and O–H groups in total. The van der Waals surface area contributed by atoms with Gasteiger partial charge in [0, 0.05) is 0 Å². The summed E-state index contributed by atoms with van der Waals surface area (Å²) in [6.45, 7) is -4.98. The van der Waals surface area contributed by atoms with Crippen LogP contribution in [0.5, 0.6) is 0 Å². The van der Waals surface area contributed by atoms with Crippen molar-refractivity contribution in [3.05, 3.63) is 36.4 Å². The number of alkyl halides is 1. The minimum atomic E-state index is -4.17. The number of aliphatic hydroxyl groups excluding tert-OH is 1. The Balaban J connectivity index is 1.17. The molecule has 23 heteroatoms. The SMILES string of the molecule is NC(=O)c1cccc2c1nnn2[C@@H]1O[C@@H]2COP(O)(=S)O[C@H]3[C@@H](F)[C@H](n4cnc5c(N)ncnc54)O[C@@H]3COP(S)O[C@@H]1[C@@H]2O. The number of amides is 1. The second-order valence-corrected chi connectivity index (χ2v) is 14.9. The van der Waals surface area contributed by atoms with E-state index in [1.165, 1.54) is 28.0 Å². The number of fused-ring (bicyclic) bond motifs is 5. The maximum Gasteiger partial charge on any atom is 0.325 e. The minimum Gasteiger partial charge on any atom is -0.387 e. The summed E-state index contributed by atoms with van der Waals surface area (Å²) in [6.07, 6.45) is -8.13. The zero-order chi connectivity index (χ0) is 31.6. The van der Waals surface area contributed by atoms with Crippen LogP contribution in [0, 0.1) is 0 Å². The average molecular weight is 704 g/mol. The van der Waals surface area contributed by atoms with Crippen LogP contribution in [0.3, 0.4) is 0 Å². The number of ether oxygens (including phenoxy) is 2. The predicted octanol–water partition coefficient (Wildman–Crippen LogP) is 0.637. The van der Waals surface area contributed by atoms with Gasteiger partial charge in [-0.2, -0.15) is 0 Å². The Morgan fingerprint density at radius 2 is 1.96 bits per heavy atom. The Morgan fingerprint density at radius 1 is 1.16 bits per heavy atom. The predicted molar refractivity (Wildman–Crippen MR) is 159 cm³/mol. The van der Waals surface area contributed by atoms with Gasteiger partial charge in [0.2, 0.25) is 7.58 Å². The standard InChI is InChI=1S/C22H24FN9O9P2S2/c23-12-16-11(39-21(12)31-7-28-14-18(24)26-6-27-20(14)31)4-36-42(44)40-17-15(33)10(5-37-43(35,45)41-16)38-22(17)32-9-3-1-2-8(19(25)34)13(9)29-30-32/h1-3,6-7,10-12,15-17,21-22,33,44H,4-5H2,(H2,25,34)(H,35,45)(H2,24,26,27)/t10-,11-,12-,15-,16-,17-,21-,22-,42?,43?/m1/s1. The van der Waals surface area contributed by atoms with Crippen LogP contribution in [0.2, 0.25) is 0 Å². The fourth-order valence-electron chi connectivity index (χ4n) is 5.37. The molecule has 0 radical (unpaired) electrons. The lowest BCUT2D eigenvalue weighted by Gasteiger charge is -2.26. The third-order valence-corrected chi connectivity index (χ3v) is 10.5. The van der Waals surface area contributed by atoms with E-state index in [4.69, 9.17) is 50.8 Å². The van der Waals surface area contributed by atoms with Crippen molar-refractivity contribution in [3.63, 3.8) is 0 Å². The lowest BCUT2D eigenvalue weighted by molar-refractivity contribution is -0.0603. The van der Waals surface area contributed by atoms with E-state index in [1.807, 2.05) is 0 Å². The van der Waals surface area contributed by atoms with E-state index in [1.54, 1.807) is 12.1 Å². The van der Waals surface area contributed by atoms with Gasteiger partial charge in [0.1, 0.15) is 47.9 Å². The van der Waals surface area contributed by atoms with E-state index in [9.17, 15) is 14.8 Å². The van der Waals surface area contributed by atoms with Gasteiger partial charge in [-0.15, -0.1) is 5.10 Å². The summed E-state index contributed by atoms with van der Waals surface area (Å²) in [7, 11) is -2.07. The molecule has 240 valence electrons. The number of primary amides is 1. The van der Waals surface area contributed by atoms with Gasteiger partial charge in [-0.1, -0.05) is 23.5 Å². The Bertz CT molecular complexity index is 1820. The summed E-state index contributed by atoms with van der Waals surface area (Å²) in [5.74, 6) is -0.616. The van der Waals surface area contributed by atoms with Gasteiger partial charge in [-0.3, -0.25) is 13.9 Å². The van der Waals surface area contributed by atoms with Gasteiger partial charge in [-0.25, -0.2) is 24.0 Å². The number of rotatable bonds is 3. The number of thiol groups is 1. The highest BCUT2D eigenvalue weighted by atomic mass is 32.7. The van der Waals surface area contributed by atoms with Crippen molar-refractivity contribution >= 4 is 72.3 Å². The molecule has 18 nitrogen and oxygen atoms in total. The fraction of sp³-hybridized carbons (Fsp3) is 0.455. The number of benzene rings is 1. The minimum absolute atomic E-state index is 0.0935. The number of anilines is 1. The molecule has 2 bridgehead atoms. The number of hydrogen-bond donors (Lipinski definition) is 5. The second-order valence-electron chi connectivity index (χ2n) is 10.2. The smallest absolute Gasteiger partial charge is 0.325 e. The third kappa shape index (κ3) is 5.60. The van der Waals surface area contributed by atoms with Crippen LogP contribution >= 0.6 is 26.5 Å². The van der Waals surface area contributed by atoms with E-state index in [0.717, 1.165) is 0 Å². The Labute approximate surface area is 263 Å². The van der Waals surface area contributed by atoms with Gasteiger partial charge in [0.05, 0.1) is 30.6 Å². The highest BCUT2D eigenvalue weighted by Crippen LogP contribution is 2.54. The molecule has 0 saturated carbocycles. The Morgan fingerprint density at radius 3 is 2.76 bits per heavy atom. The lowest BCUT2D eigenvalue weighted by Crippen LogP contribution is -2.35. The molecule has 3 aromatic heterocycles. The first-order chi connectivity index (χ1) is 21.5. The summed E-state index contributed by atoms with van der Waals surface area (Å²) in [5.41, 5.74) is 12.5. The first-order valence-corrected chi connectivity index (χ1v) is 18.1. The van der Waals surface area contributed by atoms with Crippen LogP contribution in [0.25, 0.3) is 22.2 Å². The summed E-state index contributed by atoms with van der Waals surface area (Å²) >= 11 is 9.63. The summed E-state index contributed by atoms with van der Waals surface area (Å²) < 4.78 is 53.6. The van der Waals surface area contributed by atoms with Gasteiger partial charge in [0.15, 0.2) is 30.1 Å². The Kier molecular flexibility index (Phi) is 8.24. The number of carbonyl (C=O) groups is 1. The highest BCUT2D eigenvalue weighted by molar-refractivity contribution is 8.41. The zero-order valence-corrected chi connectivity index (χ0v) is 26.1. The molecule has 0 spiro atoms. The first kappa shape index (κ1) is 31.1. The summed E-state index contributed by atoms with van der Waals surface area (Å²) in [6, 6.07) is 4.71. The van der Waals surface area contributed by atoms with Crippen molar-refractivity contribution in [1.82, 2.24) is 34.5 Å². The monoisotopic (exact) mass is 703 g/mol.